The molecule has 0 aliphatic carbocycles. The molecule has 1 N–H and O–H groups in total. The van der Waals surface area contributed by atoms with Crippen LogP contribution in [0.5, 0.6) is 0 Å². The van der Waals surface area contributed by atoms with Crippen LogP contribution in [-0.4, -0.2) is 16.8 Å². The molecule has 1 aliphatic rings. The summed E-state index contributed by atoms with van der Waals surface area (Å²) >= 11 is 0. The van der Waals surface area contributed by atoms with E-state index in [1.165, 1.54) is 5.56 Å². The Kier molecular flexibility index (Phi) is 1.02. The molecule has 1 aliphatic heterocycles. The highest BCUT2D eigenvalue weighted by Crippen LogP contribution is 2.27. The van der Waals surface area contributed by atoms with Gasteiger partial charge in [-0.15, -0.1) is 0 Å². The van der Waals surface area contributed by atoms with Crippen LogP contribution in [0.2, 0.25) is 0 Å². The second-order valence-corrected chi connectivity index (χ2v) is 2.18. The summed E-state index contributed by atoms with van der Waals surface area (Å²) in [5, 5.41) is 6.57. The van der Waals surface area contributed by atoms with Gasteiger partial charge in [0.1, 0.15) is 0 Å². The van der Waals surface area contributed by atoms with Gasteiger partial charge in [-0.2, -0.15) is 5.10 Å². The lowest BCUT2D eigenvalue weighted by Crippen LogP contribution is -2.17. The fourth-order valence-corrected chi connectivity index (χ4v) is 0.936. The number of nitrogens with zero attached hydrogens (tertiary/aromatic N) is 1. The van der Waals surface area contributed by atoms with E-state index in [2.05, 4.69) is 10.2 Å². The average molecular weight is 124 g/mol. The van der Waals surface area contributed by atoms with Crippen molar-refractivity contribution in [3.05, 3.63) is 18.0 Å². The van der Waals surface area contributed by atoms with Crippen molar-refractivity contribution in [2.45, 2.75) is 12.5 Å². The molecule has 1 aromatic rings. The van der Waals surface area contributed by atoms with Crippen LogP contribution >= 0.6 is 0 Å². The van der Waals surface area contributed by atoms with Gasteiger partial charge in [-0.25, -0.2) is 0 Å². The molecule has 0 saturated carbocycles. The topological polar surface area (TPSA) is 37.9 Å². The maximum Gasteiger partial charge on any atom is 0.0877 e. The Morgan fingerprint density at radius 1 is 1.78 bits per heavy atom. The van der Waals surface area contributed by atoms with Crippen LogP contribution in [0.1, 0.15) is 18.1 Å². The molecule has 0 amide bonds. The highest BCUT2D eigenvalue weighted by atomic mass is 16.5. The summed E-state index contributed by atoms with van der Waals surface area (Å²) in [6.45, 7) is 0.899. The van der Waals surface area contributed by atoms with E-state index in [-0.39, 0.29) is 0 Å². The van der Waals surface area contributed by atoms with Gasteiger partial charge in [0.2, 0.25) is 0 Å². The second-order valence-electron chi connectivity index (χ2n) is 2.18. The maximum atomic E-state index is 5.22. The van der Waals surface area contributed by atoms with E-state index in [1.807, 2.05) is 12.4 Å². The molecule has 1 fully saturated rings. The minimum absolute atomic E-state index is 0.323. The van der Waals surface area contributed by atoms with Crippen molar-refractivity contribution in [2.24, 2.45) is 0 Å². The van der Waals surface area contributed by atoms with Crippen LogP contribution in [0.3, 0.4) is 0 Å². The van der Waals surface area contributed by atoms with Gasteiger partial charge < -0.3 is 4.74 Å². The molecule has 0 radical (unpaired) electrons. The molecule has 1 aromatic heterocycles. The molecule has 1 unspecified atom stereocenters. The largest absolute Gasteiger partial charge is 0.373 e. The first-order chi connectivity index (χ1) is 4.47. The number of ether oxygens (including phenoxy) is 1. The highest BCUT2D eigenvalue weighted by Gasteiger charge is 2.20. The van der Waals surface area contributed by atoms with Crippen LogP contribution < -0.4 is 0 Å². The van der Waals surface area contributed by atoms with E-state index in [4.69, 9.17) is 4.74 Å². The highest BCUT2D eigenvalue weighted by molar-refractivity contribution is 5.08. The van der Waals surface area contributed by atoms with Crippen molar-refractivity contribution in [3.8, 4) is 0 Å². The molecule has 9 heavy (non-hydrogen) atoms. The standard InChI is InChI=1S/C6H8N2O/c1-2-9-6(1)5-3-7-8-4-5/h3-4,6H,1-2H2,(H,7,8). The predicted octanol–water partition coefficient (Wildman–Crippen LogP) is 0.871. The summed E-state index contributed by atoms with van der Waals surface area (Å²) in [5.74, 6) is 0. The first-order valence-corrected chi connectivity index (χ1v) is 3.07. The second kappa shape index (κ2) is 1.84. The molecular formula is C6H8N2O. The fraction of sp³-hybridized carbons (Fsp3) is 0.500. The number of aromatic nitrogens is 2. The number of H-pyrrole nitrogens is 1. The van der Waals surface area contributed by atoms with E-state index in [0.717, 1.165) is 13.0 Å². The quantitative estimate of drug-likeness (QED) is 0.603. The first kappa shape index (κ1) is 4.99. The third-order valence-corrected chi connectivity index (χ3v) is 1.59. The molecule has 2 heterocycles. The molecule has 48 valence electrons. The van der Waals surface area contributed by atoms with Crippen LogP contribution in [0.4, 0.5) is 0 Å². The average Bonchev–Trinajstić information content (AvgIpc) is 2.11. The van der Waals surface area contributed by atoms with Gasteiger partial charge in [0, 0.05) is 18.2 Å². The molecule has 1 atom stereocenters. The van der Waals surface area contributed by atoms with E-state index < -0.39 is 0 Å². The summed E-state index contributed by atoms with van der Waals surface area (Å²) < 4.78 is 5.22. The van der Waals surface area contributed by atoms with Crippen molar-refractivity contribution in [2.75, 3.05) is 6.61 Å². The zero-order chi connectivity index (χ0) is 6.10. The summed E-state index contributed by atoms with van der Waals surface area (Å²) in [6, 6.07) is 0. The minimum atomic E-state index is 0.323. The Morgan fingerprint density at radius 2 is 2.67 bits per heavy atom. The summed E-state index contributed by atoms with van der Waals surface area (Å²) in [4.78, 5) is 0. The number of hydrogen-bond acceptors (Lipinski definition) is 2. The number of hydrogen-bond donors (Lipinski definition) is 1. The maximum absolute atomic E-state index is 5.22. The lowest BCUT2D eigenvalue weighted by Gasteiger charge is -2.24. The van der Waals surface area contributed by atoms with E-state index in [9.17, 15) is 0 Å². The van der Waals surface area contributed by atoms with E-state index in [0.29, 0.717) is 6.10 Å². The first-order valence-electron chi connectivity index (χ1n) is 3.07. The van der Waals surface area contributed by atoms with Gasteiger partial charge in [-0.1, -0.05) is 0 Å². The Balaban J connectivity index is 2.14. The Hall–Kier alpha value is -0.830. The zero-order valence-corrected chi connectivity index (χ0v) is 5.00. The van der Waals surface area contributed by atoms with Gasteiger partial charge in [0.05, 0.1) is 18.9 Å². The van der Waals surface area contributed by atoms with E-state index >= 15 is 0 Å². The molecule has 1 saturated heterocycles. The summed E-state index contributed by atoms with van der Waals surface area (Å²) in [7, 11) is 0. The lowest BCUT2D eigenvalue weighted by molar-refractivity contribution is -0.0526. The van der Waals surface area contributed by atoms with Gasteiger partial charge in [0.15, 0.2) is 0 Å². The number of aromatic amines is 1. The van der Waals surface area contributed by atoms with Crippen molar-refractivity contribution >= 4 is 0 Å². The normalized spacial score (nSPS) is 25.6. The fourth-order valence-electron chi connectivity index (χ4n) is 0.936. The summed E-state index contributed by atoms with van der Waals surface area (Å²) in [5.41, 5.74) is 1.17. The molecule has 2 rings (SSSR count). The van der Waals surface area contributed by atoms with Gasteiger partial charge in [-0.3, -0.25) is 5.10 Å². The molecule has 3 heteroatoms. The predicted molar refractivity (Wildman–Crippen MR) is 31.9 cm³/mol. The van der Waals surface area contributed by atoms with Crippen molar-refractivity contribution in [1.29, 1.82) is 0 Å². The van der Waals surface area contributed by atoms with Gasteiger partial charge >= 0.3 is 0 Å². The van der Waals surface area contributed by atoms with Crippen LogP contribution in [0.15, 0.2) is 12.4 Å². The smallest absolute Gasteiger partial charge is 0.0877 e. The van der Waals surface area contributed by atoms with Crippen LogP contribution in [0, 0.1) is 0 Å². The van der Waals surface area contributed by atoms with Gasteiger partial charge in [-0.05, 0) is 0 Å². The number of nitrogens with one attached hydrogen (secondary N) is 1. The van der Waals surface area contributed by atoms with Crippen LogP contribution in [0.25, 0.3) is 0 Å². The van der Waals surface area contributed by atoms with E-state index in [1.54, 1.807) is 0 Å². The SMILES string of the molecule is c1n[nH]cc1C1CCO1. The third-order valence-electron chi connectivity index (χ3n) is 1.59. The van der Waals surface area contributed by atoms with Crippen LogP contribution in [-0.2, 0) is 4.74 Å². The molecule has 3 nitrogen and oxygen atoms in total. The Labute approximate surface area is 53.0 Å². The third kappa shape index (κ3) is 0.733. The Bertz CT molecular complexity index is 179. The zero-order valence-electron chi connectivity index (χ0n) is 5.00. The van der Waals surface area contributed by atoms with Gasteiger partial charge in [0.25, 0.3) is 0 Å². The molecular weight excluding hydrogens is 116 g/mol. The lowest BCUT2D eigenvalue weighted by atomic mass is 10.1. The minimum Gasteiger partial charge on any atom is -0.373 e. The molecule has 0 bridgehead atoms. The summed E-state index contributed by atoms with van der Waals surface area (Å²) in [6.07, 6.45) is 5.15. The Morgan fingerprint density at radius 3 is 3.11 bits per heavy atom. The van der Waals surface area contributed by atoms with Crippen molar-refractivity contribution in [1.82, 2.24) is 10.2 Å². The number of rotatable bonds is 1. The molecule has 0 spiro atoms. The molecule has 0 aromatic carbocycles. The van der Waals surface area contributed by atoms with Crippen molar-refractivity contribution < 1.29 is 4.74 Å². The monoisotopic (exact) mass is 124 g/mol. The van der Waals surface area contributed by atoms with Crippen molar-refractivity contribution in [3.63, 3.8) is 0 Å².